The monoisotopic (exact) mass is 284 g/mol. The number of nitrogens with one attached hydrogen (secondary N) is 1. The molecule has 1 aromatic heterocycles. The van der Waals surface area contributed by atoms with Gasteiger partial charge in [-0.25, -0.2) is 9.78 Å². The highest BCUT2D eigenvalue weighted by Crippen LogP contribution is 2.27. The van der Waals surface area contributed by atoms with Crippen molar-refractivity contribution in [3.05, 3.63) is 57.8 Å². The topological polar surface area (TPSA) is 129 Å². The molecule has 0 aliphatic carbocycles. The fourth-order valence-corrected chi connectivity index (χ4v) is 1.62. The minimum absolute atomic E-state index is 0.132. The van der Waals surface area contributed by atoms with E-state index in [2.05, 4.69) is 10.3 Å². The summed E-state index contributed by atoms with van der Waals surface area (Å²) >= 11 is 0. The number of hydrogen-bond acceptors (Lipinski definition) is 6. The number of carboxylic acids is 1. The highest BCUT2D eigenvalue weighted by atomic mass is 16.6. The molecule has 0 saturated heterocycles. The van der Waals surface area contributed by atoms with Crippen LogP contribution in [0.5, 0.6) is 0 Å². The van der Waals surface area contributed by atoms with Crippen molar-refractivity contribution in [1.82, 2.24) is 4.98 Å². The molecule has 0 fully saturated rings. The number of nitrogens with zero attached hydrogens (tertiary/aromatic N) is 3. The molecule has 0 aliphatic heterocycles. The van der Waals surface area contributed by atoms with Gasteiger partial charge in [-0.15, -0.1) is 0 Å². The first-order chi connectivity index (χ1) is 10.0. The van der Waals surface area contributed by atoms with E-state index in [4.69, 9.17) is 10.4 Å². The van der Waals surface area contributed by atoms with Crippen molar-refractivity contribution in [2.75, 3.05) is 5.32 Å². The minimum atomic E-state index is -1.31. The maximum absolute atomic E-state index is 11.0. The lowest BCUT2D eigenvalue weighted by molar-refractivity contribution is -0.384. The number of aromatic carboxylic acids is 1. The average molecular weight is 284 g/mol. The summed E-state index contributed by atoms with van der Waals surface area (Å²) in [4.78, 5) is 24.8. The van der Waals surface area contributed by atoms with Gasteiger partial charge < -0.3 is 10.4 Å². The van der Waals surface area contributed by atoms with Crippen LogP contribution >= 0.6 is 0 Å². The highest BCUT2D eigenvalue weighted by molar-refractivity contribution is 5.89. The average Bonchev–Trinajstić information content (AvgIpc) is 2.47. The number of rotatable bonds is 4. The van der Waals surface area contributed by atoms with Crippen LogP contribution in [0.3, 0.4) is 0 Å². The van der Waals surface area contributed by atoms with Crippen LogP contribution in [0.1, 0.15) is 15.9 Å². The summed E-state index contributed by atoms with van der Waals surface area (Å²) in [5.74, 6) is -1.44. The number of nitriles is 1. The lowest BCUT2D eigenvalue weighted by atomic mass is 10.2. The van der Waals surface area contributed by atoms with E-state index >= 15 is 0 Å². The molecule has 21 heavy (non-hydrogen) atoms. The van der Waals surface area contributed by atoms with Crippen molar-refractivity contribution < 1.29 is 14.8 Å². The van der Waals surface area contributed by atoms with E-state index in [-0.39, 0.29) is 16.9 Å². The number of para-hydroxylation sites is 1. The third-order valence-corrected chi connectivity index (χ3v) is 2.61. The van der Waals surface area contributed by atoms with Crippen molar-refractivity contribution in [1.29, 1.82) is 5.26 Å². The van der Waals surface area contributed by atoms with Gasteiger partial charge >= 0.3 is 11.7 Å². The summed E-state index contributed by atoms with van der Waals surface area (Å²) in [6.45, 7) is 0. The number of aromatic nitrogens is 1. The fraction of sp³-hybridized carbons (Fsp3) is 0. The van der Waals surface area contributed by atoms with Crippen LogP contribution in [0.25, 0.3) is 0 Å². The van der Waals surface area contributed by atoms with Gasteiger partial charge in [-0.3, -0.25) is 10.1 Å². The third-order valence-electron chi connectivity index (χ3n) is 2.61. The second-order valence-electron chi connectivity index (χ2n) is 3.94. The fourth-order valence-electron chi connectivity index (χ4n) is 1.62. The Balaban J connectivity index is 2.47. The zero-order valence-electron chi connectivity index (χ0n) is 10.5. The van der Waals surface area contributed by atoms with E-state index in [0.717, 1.165) is 12.3 Å². The second kappa shape index (κ2) is 5.66. The lowest BCUT2D eigenvalue weighted by Crippen LogP contribution is -2.04. The molecule has 1 heterocycles. The standard InChI is InChI=1S/C13H8N4O4/c14-6-8-3-1-2-4-10(8)16-12-11(17(20)21)5-9(7-15-12)13(18)19/h1-5,7H,(H,15,16)(H,18,19). The number of pyridine rings is 1. The van der Waals surface area contributed by atoms with Gasteiger partial charge in [-0.1, -0.05) is 12.1 Å². The number of carbonyl (C=O) groups is 1. The molecule has 0 bridgehead atoms. The van der Waals surface area contributed by atoms with Crippen molar-refractivity contribution in [2.45, 2.75) is 0 Å². The molecule has 0 saturated carbocycles. The number of nitro groups is 1. The predicted octanol–water partition coefficient (Wildman–Crippen LogP) is 2.30. The van der Waals surface area contributed by atoms with Gasteiger partial charge in [0.2, 0.25) is 5.82 Å². The van der Waals surface area contributed by atoms with Crippen LogP contribution in [-0.2, 0) is 0 Å². The van der Waals surface area contributed by atoms with Gasteiger partial charge in [0.05, 0.1) is 21.7 Å². The minimum Gasteiger partial charge on any atom is -0.478 e. The Morgan fingerprint density at radius 3 is 2.76 bits per heavy atom. The zero-order valence-corrected chi connectivity index (χ0v) is 10.5. The van der Waals surface area contributed by atoms with Crippen molar-refractivity contribution >= 4 is 23.2 Å². The van der Waals surface area contributed by atoms with Gasteiger partial charge in [0.15, 0.2) is 0 Å². The molecule has 8 heteroatoms. The van der Waals surface area contributed by atoms with Crippen LogP contribution in [-0.4, -0.2) is 21.0 Å². The number of anilines is 2. The smallest absolute Gasteiger partial charge is 0.337 e. The Labute approximate surface area is 118 Å². The molecule has 1 aromatic carbocycles. The molecule has 8 nitrogen and oxygen atoms in total. The first-order valence-corrected chi connectivity index (χ1v) is 5.67. The first-order valence-electron chi connectivity index (χ1n) is 5.67. The molecule has 0 radical (unpaired) electrons. The normalized spacial score (nSPS) is 9.67. The Morgan fingerprint density at radius 1 is 1.43 bits per heavy atom. The van der Waals surface area contributed by atoms with Gasteiger partial charge in [0, 0.05) is 12.3 Å². The summed E-state index contributed by atoms with van der Waals surface area (Å²) < 4.78 is 0. The molecule has 104 valence electrons. The molecule has 0 aliphatic rings. The Morgan fingerprint density at radius 2 is 2.14 bits per heavy atom. The largest absolute Gasteiger partial charge is 0.478 e. The highest BCUT2D eigenvalue weighted by Gasteiger charge is 2.19. The number of hydrogen-bond donors (Lipinski definition) is 2. The summed E-state index contributed by atoms with van der Waals surface area (Å²) in [5, 5.41) is 31.5. The lowest BCUT2D eigenvalue weighted by Gasteiger charge is -2.07. The Kier molecular flexibility index (Phi) is 3.76. The SMILES string of the molecule is N#Cc1ccccc1Nc1ncc(C(=O)O)cc1[N+](=O)[O-]. The van der Waals surface area contributed by atoms with Crippen molar-refractivity contribution in [3.63, 3.8) is 0 Å². The van der Waals surface area contributed by atoms with Crippen LogP contribution in [0, 0.1) is 21.4 Å². The van der Waals surface area contributed by atoms with Gasteiger partial charge in [0.1, 0.15) is 6.07 Å². The second-order valence-corrected chi connectivity index (χ2v) is 3.94. The van der Waals surface area contributed by atoms with E-state index in [1.165, 1.54) is 0 Å². The van der Waals surface area contributed by atoms with E-state index in [1.807, 2.05) is 6.07 Å². The molecule has 0 amide bonds. The van der Waals surface area contributed by atoms with E-state index in [1.54, 1.807) is 24.3 Å². The van der Waals surface area contributed by atoms with Gasteiger partial charge in [0.25, 0.3) is 0 Å². The molecular formula is C13H8N4O4. The van der Waals surface area contributed by atoms with Gasteiger partial charge in [-0.2, -0.15) is 5.26 Å². The number of carboxylic acid groups (broad SMARTS) is 1. The summed E-state index contributed by atoms with van der Waals surface area (Å²) in [6, 6.07) is 9.26. The third kappa shape index (κ3) is 2.93. The van der Waals surface area contributed by atoms with Crippen LogP contribution in [0.4, 0.5) is 17.2 Å². The molecule has 0 atom stereocenters. The maximum Gasteiger partial charge on any atom is 0.337 e. The van der Waals surface area contributed by atoms with Crippen LogP contribution in [0.2, 0.25) is 0 Å². The molecule has 2 rings (SSSR count). The quantitative estimate of drug-likeness (QED) is 0.650. The van der Waals surface area contributed by atoms with E-state index < -0.39 is 16.6 Å². The molecule has 0 unspecified atom stereocenters. The summed E-state index contributed by atoms with van der Waals surface area (Å²) in [6.07, 6.45) is 1.01. The van der Waals surface area contributed by atoms with E-state index in [0.29, 0.717) is 5.69 Å². The van der Waals surface area contributed by atoms with E-state index in [9.17, 15) is 14.9 Å². The van der Waals surface area contributed by atoms with Crippen LogP contribution < -0.4 is 5.32 Å². The van der Waals surface area contributed by atoms with Crippen molar-refractivity contribution in [2.24, 2.45) is 0 Å². The maximum atomic E-state index is 11.0. The molecule has 2 aromatic rings. The first kappa shape index (κ1) is 14.0. The van der Waals surface area contributed by atoms with Gasteiger partial charge in [-0.05, 0) is 12.1 Å². The van der Waals surface area contributed by atoms with Crippen LogP contribution in [0.15, 0.2) is 36.5 Å². The Hall–Kier alpha value is -3.47. The predicted molar refractivity (Wildman–Crippen MR) is 72.3 cm³/mol. The summed E-state index contributed by atoms with van der Waals surface area (Å²) in [5.41, 5.74) is -0.141. The zero-order chi connectivity index (χ0) is 15.4. The molecule has 2 N–H and O–H groups in total. The molecule has 0 spiro atoms. The Bertz CT molecular complexity index is 767. The molecular weight excluding hydrogens is 276 g/mol. The summed E-state index contributed by atoms with van der Waals surface area (Å²) in [7, 11) is 0. The van der Waals surface area contributed by atoms with Crippen molar-refractivity contribution in [3.8, 4) is 6.07 Å². The number of benzene rings is 1.